The molecule has 2 aliphatic carbocycles. The van der Waals surface area contributed by atoms with Gasteiger partial charge in [-0.25, -0.2) is 0 Å². The predicted octanol–water partition coefficient (Wildman–Crippen LogP) is 5.18. The van der Waals surface area contributed by atoms with Crippen LogP contribution < -0.4 is 0 Å². The number of aliphatic hydroxyl groups is 2. The minimum Gasteiger partial charge on any atom is -0.396 e. The van der Waals surface area contributed by atoms with Gasteiger partial charge in [0.05, 0.1) is 0 Å². The molecule has 0 aromatic heterocycles. The maximum Gasteiger partial charge on any atom is 0.0431 e. The van der Waals surface area contributed by atoms with Crippen LogP contribution in [0.25, 0.3) is 0 Å². The molecular weight excluding hydrogens is 412 g/mol. The first kappa shape index (κ1) is 26.8. The number of nitrogens with zero attached hydrogens (tertiary/aromatic N) is 2. The zero-order chi connectivity index (χ0) is 21.7. The van der Waals surface area contributed by atoms with Gasteiger partial charge in [-0.05, 0) is 78.6 Å². The van der Waals surface area contributed by atoms with Crippen molar-refractivity contribution in [2.24, 2.45) is 0 Å². The van der Waals surface area contributed by atoms with Gasteiger partial charge in [0.15, 0.2) is 0 Å². The quantitative estimate of drug-likeness (QED) is 0.259. The van der Waals surface area contributed by atoms with E-state index >= 15 is 0 Å². The Labute approximate surface area is 194 Å². The second kappa shape index (κ2) is 14.6. The molecular formula is C24H48N2O2S2. The molecule has 0 aliphatic heterocycles. The Hall–Kier alpha value is 0.540. The molecule has 0 unspecified atom stereocenters. The molecule has 30 heavy (non-hydrogen) atoms. The standard InChI is InChI=1S/C24H48N2O2S2/c1-25(17-9-11-19-27)21-23(13-5-3-6-14-23)29-30-24(15-7-4-8-16-24)22-26(2)18-10-12-20-28/h27-28H,3-22H2,1-2H3. The van der Waals surface area contributed by atoms with E-state index in [1.165, 1.54) is 77.3 Å². The molecule has 4 nitrogen and oxygen atoms in total. The maximum absolute atomic E-state index is 9.11. The van der Waals surface area contributed by atoms with Crippen molar-refractivity contribution in [3.63, 3.8) is 0 Å². The maximum atomic E-state index is 9.11. The minimum absolute atomic E-state index is 0.317. The molecule has 2 N–H and O–H groups in total. The average molecular weight is 461 g/mol. The van der Waals surface area contributed by atoms with Crippen molar-refractivity contribution in [1.29, 1.82) is 0 Å². The zero-order valence-corrected chi connectivity index (χ0v) is 21.4. The van der Waals surface area contributed by atoms with Crippen molar-refractivity contribution >= 4 is 21.6 Å². The van der Waals surface area contributed by atoms with Crippen LogP contribution in [0.5, 0.6) is 0 Å². The largest absolute Gasteiger partial charge is 0.396 e. The molecule has 2 fully saturated rings. The van der Waals surface area contributed by atoms with Crippen molar-refractivity contribution in [3.05, 3.63) is 0 Å². The van der Waals surface area contributed by atoms with Gasteiger partial charge in [0, 0.05) is 35.8 Å². The fourth-order valence-electron chi connectivity index (χ4n) is 5.23. The van der Waals surface area contributed by atoms with E-state index in [2.05, 4.69) is 45.5 Å². The zero-order valence-electron chi connectivity index (χ0n) is 19.7. The van der Waals surface area contributed by atoms with Crippen LogP contribution >= 0.6 is 21.6 Å². The Morgan fingerprint density at radius 2 is 0.967 bits per heavy atom. The lowest BCUT2D eigenvalue weighted by Crippen LogP contribution is -2.43. The molecule has 178 valence electrons. The second-order valence-electron chi connectivity index (χ2n) is 9.99. The van der Waals surface area contributed by atoms with Crippen LogP contribution in [-0.2, 0) is 0 Å². The summed E-state index contributed by atoms with van der Waals surface area (Å²) in [7, 11) is 9.06. The number of hydrogen-bond acceptors (Lipinski definition) is 6. The van der Waals surface area contributed by atoms with E-state index in [1.807, 2.05) is 0 Å². The Morgan fingerprint density at radius 3 is 1.30 bits per heavy atom. The molecule has 0 heterocycles. The molecule has 0 spiro atoms. The van der Waals surface area contributed by atoms with Gasteiger partial charge < -0.3 is 20.0 Å². The third kappa shape index (κ3) is 9.58. The molecule has 0 aromatic carbocycles. The van der Waals surface area contributed by atoms with Gasteiger partial charge in [0.25, 0.3) is 0 Å². The lowest BCUT2D eigenvalue weighted by atomic mass is 9.88. The molecule has 0 amide bonds. The fraction of sp³-hybridized carbons (Fsp3) is 1.00. The number of hydrogen-bond donors (Lipinski definition) is 2. The third-order valence-corrected chi connectivity index (χ3v) is 11.2. The van der Waals surface area contributed by atoms with Gasteiger partial charge >= 0.3 is 0 Å². The smallest absolute Gasteiger partial charge is 0.0431 e. The van der Waals surface area contributed by atoms with Crippen LogP contribution in [-0.4, -0.2) is 83.0 Å². The Morgan fingerprint density at radius 1 is 0.600 bits per heavy atom. The Balaban J connectivity index is 1.96. The molecule has 2 rings (SSSR count). The van der Waals surface area contributed by atoms with Gasteiger partial charge in [-0.3, -0.25) is 0 Å². The summed E-state index contributed by atoms with van der Waals surface area (Å²) in [5.74, 6) is 0. The summed E-state index contributed by atoms with van der Waals surface area (Å²) >= 11 is 0. The Kier molecular flexibility index (Phi) is 13.1. The first-order valence-corrected chi connectivity index (χ1v) is 14.6. The lowest BCUT2D eigenvalue weighted by molar-refractivity contribution is 0.235. The number of rotatable bonds is 15. The van der Waals surface area contributed by atoms with Crippen molar-refractivity contribution < 1.29 is 10.2 Å². The normalized spacial score (nSPS) is 21.4. The minimum atomic E-state index is 0.317. The van der Waals surface area contributed by atoms with Gasteiger partial charge in [-0.1, -0.05) is 60.1 Å². The second-order valence-corrected chi connectivity index (χ2v) is 13.1. The number of aliphatic hydroxyl groups excluding tert-OH is 2. The molecule has 0 atom stereocenters. The highest BCUT2D eigenvalue weighted by molar-refractivity contribution is 8.77. The summed E-state index contributed by atoms with van der Waals surface area (Å²) in [6.45, 7) is 5.23. The molecule has 6 heteroatoms. The van der Waals surface area contributed by atoms with E-state index in [0.717, 1.165) is 38.8 Å². The Bertz CT molecular complexity index is 401. The van der Waals surface area contributed by atoms with Gasteiger partial charge in [0.1, 0.15) is 0 Å². The lowest BCUT2D eigenvalue weighted by Gasteiger charge is -2.44. The fourth-order valence-corrected chi connectivity index (χ4v) is 9.42. The van der Waals surface area contributed by atoms with Crippen molar-refractivity contribution in [1.82, 2.24) is 9.80 Å². The monoisotopic (exact) mass is 460 g/mol. The SMILES string of the molecule is CN(CCCCO)CC1(SSC2(CN(C)CCCCO)CCCCC2)CCCCC1. The summed E-state index contributed by atoms with van der Waals surface area (Å²) in [5.41, 5.74) is 0. The first-order valence-electron chi connectivity index (χ1n) is 12.5. The predicted molar refractivity (Wildman–Crippen MR) is 134 cm³/mol. The van der Waals surface area contributed by atoms with Crippen LogP contribution in [0.1, 0.15) is 89.9 Å². The molecule has 2 saturated carbocycles. The van der Waals surface area contributed by atoms with Gasteiger partial charge in [0.2, 0.25) is 0 Å². The molecule has 0 aromatic rings. The van der Waals surface area contributed by atoms with E-state index in [0.29, 0.717) is 22.7 Å². The first-order chi connectivity index (χ1) is 14.5. The number of unbranched alkanes of at least 4 members (excludes halogenated alkanes) is 2. The highest BCUT2D eigenvalue weighted by Gasteiger charge is 2.40. The van der Waals surface area contributed by atoms with Crippen LogP contribution in [0.3, 0.4) is 0 Å². The van der Waals surface area contributed by atoms with Gasteiger partial charge in [-0.15, -0.1) is 0 Å². The highest BCUT2D eigenvalue weighted by Crippen LogP contribution is 2.54. The summed E-state index contributed by atoms with van der Waals surface area (Å²) in [5, 5.41) is 18.2. The van der Waals surface area contributed by atoms with Crippen molar-refractivity contribution in [3.8, 4) is 0 Å². The van der Waals surface area contributed by atoms with Crippen molar-refractivity contribution in [2.45, 2.75) is 99.4 Å². The van der Waals surface area contributed by atoms with Crippen LogP contribution in [0.2, 0.25) is 0 Å². The summed E-state index contributed by atoms with van der Waals surface area (Å²) in [6.07, 6.45) is 17.8. The third-order valence-electron chi connectivity index (χ3n) is 6.94. The molecule has 0 radical (unpaired) electrons. The molecule has 0 saturated heterocycles. The molecule has 0 bridgehead atoms. The van der Waals surface area contributed by atoms with Crippen LogP contribution in [0, 0.1) is 0 Å². The topological polar surface area (TPSA) is 46.9 Å². The van der Waals surface area contributed by atoms with E-state index < -0.39 is 0 Å². The molecule has 2 aliphatic rings. The van der Waals surface area contributed by atoms with Crippen LogP contribution in [0.4, 0.5) is 0 Å². The highest BCUT2D eigenvalue weighted by atomic mass is 33.1. The van der Waals surface area contributed by atoms with E-state index in [4.69, 9.17) is 10.2 Å². The van der Waals surface area contributed by atoms with Crippen molar-refractivity contribution in [2.75, 3.05) is 53.5 Å². The van der Waals surface area contributed by atoms with E-state index in [1.54, 1.807) is 0 Å². The average Bonchev–Trinajstić information content (AvgIpc) is 2.74. The summed E-state index contributed by atoms with van der Waals surface area (Å²) in [6, 6.07) is 0. The summed E-state index contributed by atoms with van der Waals surface area (Å²) in [4.78, 5) is 5.06. The van der Waals surface area contributed by atoms with Crippen LogP contribution in [0.15, 0.2) is 0 Å². The van der Waals surface area contributed by atoms with E-state index in [-0.39, 0.29) is 0 Å². The van der Waals surface area contributed by atoms with E-state index in [9.17, 15) is 0 Å². The van der Waals surface area contributed by atoms with Gasteiger partial charge in [-0.2, -0.15) is 0 Å². The summed E-state index contributed by atoms with van der Waals surface area (Å²) < 4.78 is 0.799.